The molecule has 0 aliphatic heterocycles. The van der Waals surface area contributed by atoms with Gasteiger partial charge in [-0.15, -0.1) is 0 Å². The number of carbonyl (C=O) groups is 1. The van der Waals surface area contributed by atoms with E-state index in [1.165, 1.54) is 5.56 Å². The van der Waals surface area contributed by atoms with Gasteiger partial charge in [-0.3, -0.25) is 4.79 Å². The van der Waals surface area contributed by atoms with Crippen LogP contribution in [0.2, 0.25) is 0 Å². The van der Waals surface area contributed by atoms with Crippen LogP contribution < -0.4 is 5.32 Å². The van der Waals surface area contributed by atoms with Crippen molar-refractivity contribution in [3.63, 3.8) is 0 Å². The summed E-state index contributed by atoms with van der Waals surface area (Å²) in [5.74, 6) is -0.104. The van der Waals surface area contributed by atoms with Crippen molar-refractivity contribution < 1.29 is 4.79 Å². The monoisotopic (exact) mass is 355 g/mol. The van der Waals surface area contributed by atoms with E-state index in [0.29, 0.717) is 5.56 Å². The van der Waals surface area contributed by atoms with Gasteiger partial charge in [0, 0.05) is 29.2 Å². The molecule has 0 aliphatic carbocycles. The molecule has 0 atom stereocenters. The van der Waals surface area contributed by atoms with Crippen LogP contribution in [0.3, 0.4) is 0 Å². The zero-order valence-electron chi connectivity index (χ0n) is 15.4. The van der Waals surface area contributed by atoms with Crippen molar-refractivity contribution in [2.45, 2.75) is 20.3 Å². The second-order valence-electron chi connectivity index (χ2n) is 6.63. The molecule has 2 aromatic carbocycles. The average Bonchev–Trinajstić information content (AvgIpc) is 3.14. The van der Waals surface area contributed by atoms with Gasteiger partial charge in [0.15, 0.2) is 0 Å². The molecule has 0 fully saturated rings. The molecule has 134 valence electrons. The SMILES string of the molecule is CCc1ccc(C(=O)Nc2cc(-c3cn4ccccc4n3)ccc2C)cc1. The first-order valence-electron chi connectivity index (χ1n) is 9.09. The zero-order valence-corrected chi connectivity index (χ0v) is 15.4. The lowest BCUT2D eigenvalue weighted by Crippen LogP contribution is -2.12. The number of carbonyl (C=O) groups excluding carboxylic acids is 1. The normalized spacial score (nSPS) is 10.9. The Morgan fingerprint density at radius 1 is 1.07 bits per heavy atom. The number of rotatable bonds is 4. The van der Waals surface area contributed by atoms with Crippen LogP contribution in [0.15, 0.2) is 73.1 Å². The maximum Gasteiger partial charge on any atom is 0.255 e. The smallest absolute Gasteiger partial charge is 0.255 e. The Labute approximate surface area is 158 Å². The molecule has 1 amide bonds. The highest BCUT2D eigenvalue weighted by Gasteiger charge is 2.11. The number of aryl methyl sites for hydroxylation is 2. The van der Waals surface area contributed by atoms with Gasteiger partial charge >= 0.3 is 0 Å². The zero-order chi connectivity index (χ0) is 18.8. The highest BCUT2D eigenvalue weighted by molar-refractivity contribution is 6.05. The Bertz CT molecular complexity index is 1080. The molecule has 0 bridgehead atoms. The van der Waals surface area contributed by atoms with Gasteiger partial charge in [0.05, 0.1) is 5.69 Å². The second-order valence-corrected chi connectivity index (χ2v) is 6.63. The first-order valence-corrected chi connectivity index (χ1v) is 9.09. The third-order valence-corrected chi connectivity index (χ3v) is 4.77. The summed E-state index contributed by atoms with van der Waals surface area (Å²) < 4.78 is 1.99. The van der Waals surface area contributed by atoms with Crippen LogP contribution in [0.5, 0.6) is 0 Å². The summed E-state index contributed by atoms with van der Waals surface area (Å²) >= 11 is 0. The summed E-state index contributed by atoms with van der Waals surface area (Å²) in [6.45, 7) is 4.09. The fourth-order valence-electron chi connectivity index (χ4n) is 3.08. The number of nitrogens with zero attached hydrogens (tertiary/aromatic N) is 2. The van der Waals surface area contributed by atoms with Crippen molar-refractivity contribution in [2.75, 3.05) is 5.32 Å². The molecule has 2 aromatic heterocycles. The quantitative estimate of drug-likeness (QED) is 0.552. The van der Waals surface area contributed by atoms with E-state index in [0.717, 1.165) is 34.6 Å². The number of benzene rings is 2. The lowest BCUT2D eigenvalue weighted by atomic mass is 10.1. The van der Waals surface area contributed by atoms with Gasteiger partial charge in [-0.25, -0.2) is 4.98 Å². The van der Waals surface area contributed by atoms with Crippen molar-refractivity contribution in [3.05, 3.63) is 89.7 Å². The summed E-state index contributed by atoms with van der Waals surface area (Å²) in [6.07, 6.45) is 4.93. The van der Waals surface area contributed by atoms with Crippen molar-refractivity contribution in [2.24, 2.45) is 0 Å². The number of imidazole rings is 1. The Morgan fingerprint density at radius 3 is 2.63 bits per heavy atom. The van der Waals surface area contributed by atoms with E-state index >= 15 is 0 Å². The van der Waals surface area contributed by atoms with E-state index in [1.807, 2.05) is 84.4 Å². The molecule has 2 heterocycles. The van der Waals surface area contributed by atoms with E-state index in [9.17, 15) is 4.79 Å². The summed E-state index contributed by atoms with van der Waals surface area (Å²) in [7, 11) is 0. The fraction of sp³-hybridized carbons (Fsp3) is 0.130. The predicted molar refractivity (Wildman–Crippen MR) is 109 cm³/mol. The van der Waals surface area contributed by atoms with Crippen molar-refractivity contribution in [1.29, 1.82) is 0 Å². The maximum absolute atomic E-state index is 12.6. The lowest BCUT2D eigenvalue weighted by Gasteiger charge is -2.10. The van der Waals surface area contributed by atoms with Gasteiger partial charge in [0.1, 0.15) is 5.65 Å². The first kappa shape index (κ1) is 17.0. The maximum atomic E-state index is 12.6. The van der Waals surface area contributed by atoms with Crippen LogP contribution in [0.4, 0.5) is 5.69 Å². The van der Waals surface area contributed by atoms with E-state index < -0.39 is 0 Å². The van der Waals surface area contributed by atoms with Crippen LogP contribution in [-0.4, -0.2) is 15.3 Å². The van der Waals surface area contributed by atoms with Crippen LogP contribution >= 0.6 is 0 Å². The topological polar surface area (TPSA) is 46.4 Å². The van der Waals surface area contributed by atoms with Gasteiger partial charge in [-0.05, 0) is 54.8 Å². The van der Waals surface area contributed by atoms with E-state index in [4.69, 9.17) is 0 Å². The van der Waals surface area contributed by atoms with Gasteiger partial charge in [-0.2, -0.15) is 0 Å². The molecule has 4 rings (SSSR count). The Morgan fingerprint density at radius 2 is 1.89 bits per heavy atom. The minimum atomic E-state index is -0.104. The molecule has 1 N–H and O–H groups in total. The number of nitrogens with one attached hydrogen (secondary N) is 1. The largest absolute Gasteiger partial charge is 0.322 e. The number of pyridine rings is 1. The average molecular weight is 355 g/mol. The number of fused-ring (bicyclic) bond motifs is 1. The van der Waals surface area contributed by atoms with Crippen LogP contribution in [0.1, 0.15) is 28.4 Å². The van der Waals surface area contributed by atoms with Gasteiger partial charge in [-0.1, -0.05) is 37.3 Å². The molecule has 0 radical (unpaired) electrons. The Hall–Kier alpha value is -3.40. The number of anilines is 1. The van der Waals surface area contributed by atoms with E-state index in [1.54, 1.807) is 0 Å². The van der Waals surface area contributed by atoms with Gasteiger partial charge in [0.25, 0.3) is 5.91 Å². The first-order chi connectivity index (χ1) is 13.1. The standard InChI is InChI=1S/C23H21N3O/c1-3-17-8-11-18(12-9-17)23(27)25-20-14-19(10-7-16(20)2)21-15-26-13-5-4-6-22(26)24-21/h4-15H,3H2,1-2H3,(H,25,27). The molecule has 0 spiro atoms. The summed E-state index contributed by atoms with van der Waals surface area (Å²) in [4.78, 5) is 17.3. The molecular formula is C23H21N3O. The fourth-order valence-corrected chi connectivity index (χ4v) is 3.08. The third kappa shape index (κ3) is 3.47. The van der Waals surface area contributed by atoms with Crippen molar-refractivity contribution >= 4 is 17.2 Å². The minimum Gasteiger partial charge on any atom is -0.322 e. The molecule has 0 saturated carbocycles. The number of hydrogen-bond acceptors (Lipinski definition) is 2. The van der Waals surface area contributed by atoms with Crippen molar-refractivity contribution in [3.8, 4) is 11.3 Å². The predicted octanol–water partition coefficient (Wildman–Crippen LogP) is 5.12. The molecule has 0 aliphatic rings. The summed E-state index contributed by atoms with van der Waals surface area (Å²) in [5, 5.41) is 3.03. The Kier molecular flexibility index (Phi) is 4.47. The number of amides is 1. The van der Waals surface area contributed by atoms with Crippen molar-refractivity contribution in [1.82, 2.24) is 9.38 Å². The third-order valence-electron chi connectivity index (χ3n) is 4.77. The highest BCUT2D eigenvalue weighted by atomic mass is 16.1. The lowest BCUT2D eigenvalue weighted by molar-refractivity contribution is 0.102. The molecular weight excluding hydrogens is 334 g/mol. The van der Waals surface area contributed by atoms with E-state index in [-0.39, 0.29) is 5.91 Å². The molecule has 27 heavy (non-hydrogen) atoms. The Balaban J connectivity index is 1.62. The van der Waals surface area contributed by atoms with Gasteiger partial charge < -0.3 is 9.72 Å². The van der Waals surface area contributed by atoms with Crippen LogP contribution in [0, 0.1) is 6.92 Å². The minimum absolute atomic E-state index is 0.104. The molecule has 4 aromatic rings. The number of aromatic nitrogens is 2. The van der Waals surface area contributed by atoms with E-state index in [2.05, 4.69) is 17.2 Å². The van der Waals surface area contributed by atoms with Gasteiger partial charge in [0.2, 0.25) is 0 Å². The highest BCUT2D eigenvalue weighted by Crippen LogP contribution is 2.25. The summed E-state index contributed by atoms with van der Waals surface area (Å²) in [5.41, 5.74) is 6.44. The molecule has 4 nitrogen and oxygen atoms in total. The van der Waals surface area contributed by atoms with Crippen LogP contribution in [-0.2, 0) is 6.42 Å². The summed E-state index contributed by atoms with van der Waals surface area (Å²) in [6, 6.07) is 19.7. The van der Waals surface area contributed by atoms with Crippen LogP contribution in [0.25, 0.3) is 16.9 Å². The second kappa shape index (κ2) is 7.08. The molecule has 4 heteroatoms. The molecule has 0 unspecified atom stereocenters. The molecule has 0 saturated heterocycles. The number of hydrogen-bond donors (Lipinski definition) is 1.